The molecule has 0 fully saturated rings. The topological polar surface area (TPSA) is 0 Å². The average molecular weight is 556 g/mol. The van der Waals surface area contributed by atoms with Gasteiger partial charge in [0.05, 0.1) is 3.79 Å². The van der Waals surface area contributed by atoms with Gasteiger partial charge in [0.2, 0.25) is 0 Å². The van der Waals surface area contributed by atoms with Crippen molar-refractivity contribution in [1.29, 1.82) is 0 Å². The van der Waals surface area contributed by atoms with Crippen molar-refractivity contribution >= 4 is 27.3 Å². The quantitative estimate of drug-likeness (QED) is 0.0997. The molecular formula is C32H59BrS. The maximum absolute atomic E-state index is 3.66. The Morgan fingerprint density at radius 3 is 1.21 bits per heavy atom. The predicted octanol–water partition coefficient (Wildman–Crippen LogP) is 13.1. The molecule has 0 aliphatic carbocycles. The highest BCUT2D eigenvalue weighted by Gasteiger charge is 2.11. The molecule has 1 unspecified atom stereocenters. The van der Waals surface area contributed by atoms with Crippen molar-refractivity contribution < 1.29 is 0 Å². The summed E-state index contributed by atoms with van der Waals surface area (Å²) in [6, 6.07) is 4.59. The molecular weight excluding hydrogens is 496 g/mol. The van der Waals surface area contributed by atoms with Crippen molar-refractivity contribution in [2.45, 2.75) is 174 Å². The molecule has 0 nitrogen and oxygen atoms in total. The minimum Gasteiger partial charge on any atom is -0.133 e. The maximum atomic E-state index is 3.66. The van der Waals surface area contributed by atoms with Crippen LogP contribution in [0.3, 0.4) is 0 Å². The Labute approximate surface area is 227 Å². The Morgan fingerprint density at radius 2 is 0.882 bits per heavy atom. The van der Waals surface area contributed by atoms with Crippen LogP contribution < -0.4 is 0 Å². The van der Waals surface area contributed by atoms with E-state index in [2.05, 4.69) is 41.9 Å². The van der Waals surface area contributed by atoms with Gasteiger partial charge >= 0.3 is 0 Å². The van der Waals surface area contributed by atoms with Gasteiger partial charge in [-0.1, -0.05) is 168 Å². The SMILES string of the molecule is CCCCCCCCCCCCCCC(CCCCCCCCCCCC)Cc1ccc(Br)s1. The van der Waals surface area contributed by atoms with Crippen molar-refractivity contribution in [2.24, 2.45) is 5.92 Å². The molecule has 1 aromatic rings. The van der Waals surface area contributed by atoms with E-state index in [9.17, 15) is 0 Å². The molecule has 1 heterocycles. The first-order chi connectivity index (χ1) is 16.8. The van der Waals surface area contributed by atoms with Crippen LogP contribution in [0.5, 0.6) is 0 Å². The molecule has 0 aromatic carbocycles. The molecule has 2 heteroatoms. The van der Waals surface area contributed by atoms with Gasteiger partial charge < -0.3 is 0 Å². The van der Waals surface area contributed by atoms with Crippen molar-refractivity contribution in [3.05, 3.63) is 20.8 Å². The van der Waals surface area contributed by atoms with E-state index in [1.165, 1.54) is 164 Å². The highest BCUT2D eigenvalue weighted by molar-refractivity contribution is 9.11. The predicted molar refractivity (Wildman–Crippen MR) is 161 cm³/mol. The van der Waals surface area contributed by atoms with Crippen molar-refractivity contribution in [2.75, 3.05) is 0 Å². The Kier molecular flexibility index (Phi) is 23.5. The third-order valence-electron chi connectivity index (χ3n) is 7.55. The zero-order valence-corrected chi connectivity index (χ0v) is 25.6. The zero-order chi connectivity index (χ0) is 24.5. The molecule has 0 spiro atoms. The summed E-state index contributed by atoms with van der Waals surface area (Å²) in [5, 5.41) is 0. The van der Waals surface area contributed by atoms with Gasteiger partial charge in [-0.05, 0) is 40.4 Å². The fourth-order valence-corrected chi connectivity index (χ4v) is 6.89. The van der Waals surface area contributed by atoms with E-state index in [0.29, 0.717) is 0 Å². The van der Waals surface area contributed by atoms with Gasteiger partial charge in [0, 0.05) is 4.88 Å². The lowest BCUT2D eigenvalue weighted by atomic mass is 9.91. The lowest BCUT2D eigenvalue weighted by molar-refractivity contribution is 0.401. The largest absolute Gasteiger partial charge is 0.133 e. The second-order valence-electron chi connectivity index (χ2n) is 10.9. The molecule has 0 amide bonds. The van der Waals surface area contributed by atoms with Crippen molar-refractivity contribution in [3.8, 4) is 0 Å². The minimum absolute atomic E-state index is 0.905. The van der Waals surface area contributed by atoms with E-state index in [0.717, 1.165) is 5.92 Å². The molecule has 0 saturated carbocycles. The summed E-state index contributed by atoms with van der Waals surface area (Å²) < 4.78 is 1.30. The Balaban J connectivity index is 2.08. The summed E-state index contributed by atoms with van der Waals surface area (Å²) in [7, 11) is 0. The zero-order valence-electron chi connectivity index (χ0n) is 23.2. The van der Waals surface area contributed by atoms with Gasteiger partial charge in [-0.25, -0.2) is 0 Å². The van der Waals surface area contributed by atoms with Crippen LogP contribution in [0, 0.1) is 5.92 Å². The first kappa shape index (κ1) is 32.2. The van der Waals surface area contributed by atoms with Crippen LogP contribution in [-0.2, 0) is 6.42 Å². The number of unbranched alkanes of at least 4 members (excludes halogenated alkanes) is 20. The summed E-state index contributed by atoms with van der Waals surface area (Å²) in [6.07, 6.45) is 36.1. The van der Waals surface area contributed by atoms with Crippen LogP contribution in [0.4, 0.5) is 0 Å². The third-order valence-corrected chi connectivity index (χ3v) is 9.20. The molecule has 0 N–H and O–H groups in total. The van der Waals surface area contributed by atoms with Crippen LogP contribution in [0.1, 0.15) is 173 Å². The van der Waals surface area contributed by atoms with Gasteiger partial charge in [-0.15, -0.1) is 11.3 Å². The Bertz CT molecular complexity index is 523. The molecule has 0 bridgehead atoms. The van der Waals surface area contributed by atoms with E-state index in [1.54, 1.807) is 4.88 Å². The maximum Gasteiger partial charge on any atom is 0.0701 e. The van der Waals surface area contributed by atoms with Crippen LogP contribution in [0.25, 0.3) is 0 Å². The lowest BCUT2D eigenvalue weighted by Gasteiger charge is -2.16. The standard InChI is InChI=1S/C32H59BrS/c1-3-5-7-9-11-13-15-16-18-20-22-24-26-30(29-31-27-28-32(33)34-31)25-23-21-19-17-14-12-10-8-6-4-2/h27-28,30H,3-26,29H2,1-2H3. The number of halogens is 1. The molecule has 0 aliphatic rings. The van der Waals surface area contributed by atoms with Crippen molar-refractivity contribution in [1.82, 2.24) is 0 Å². The molecule has 200 valence electrons. The van der Waals surface area contributed by atoms with E-state index in [-0.39, 0.29) is 0 Å². The average Bonchev–Trinajstić information content (AvgIpc) is 3.25. The highest BCUT2D eigenvalue weighted by Crippen LogP contribution is 2.29. The third kappa shape index (κ3) is 20.4. The summed E-state index contributed by atoms with van der Waals surface area (Å²) in [4.78, 5) is 1.59. The van der Waals surface area contributed by atoms with Crippen LogP contribution in [0.2, 0.25) is 0 Å². The van der Waals surface area contributed by atoms with Gasteiger partial charge in [-0.3, -0.25) is 0 Å². The molecule has 0 radical (unpaired) electrons. The van der Waals surface area contributed by atoms with Crippen molar-refractivity contribution in [3.63, 3.8) is 0 Å². The lowest BCUT2D eigenvalue weighted by Crippen LogP contribution is -2.04. The van der Waals surface area contributed by atoms with Gasteiger partial charge in [0.15, 0.2) is 0 Å². The second-order valence-corrected chi connectivity index (χ2v) is 13.5. The molecule has 0 saturated heterocycles. The van der Waals surface area contributed by atoms with Gasteiger partial charge in [0.25, 0.3) is 0 Å². The number of thiophene rings is 1. The van der Waals surface area contributed by atoms with E-state index in [4.69, 9.17) is 0 Å². The summed E-state index contributed by atoms with van der Waals surface area (Å²) >= 11 is 5.61. The van der Waals surface area contributed by atoms with Crippen LogP contribution in [-0.4, -0.2) is 0 Å². The van der Waals surface area contributed by atoms with E-state index >= 15 is 0 Å². The Morgan fingerprint density at radius 1 is 0.529 bits per heavy atom. The summed E-state index contributed by atoms with van der Waals surface area (Å²) in [6.45, 7) is 4.62. The number of hydrogen-bond acceptors (Lipinski definition) is 1. The molecule has 1 rings (SSSR count). The highest BCUT2D eigenvalue weighted by atomic mass is 79.9. The molecule has 34 heavy (non-hydrogen) atoms. The monoisotopic (exact) mass is 554 g/mol. The molecule has 0 aliphatic heterocycles. The van der Waals surface area contributed by atoms with Crippen LogP contribution in [0.15, 0.2) is 15.9 Å². The van der Waals surface area contributed by atoms with E-state index in [1.807, 2.05) is 11.3 Å². The Hall–Kier alpha value is 0.180. The van der Waals surface area contributed by atoms with Gasteiger partial charge in [-0.2, -0.15) is 0 Å². The number of hydrogen-bond donors (Lipinski definition) is 0. The number of rotatable bonds is 26. The first-order valence-corrected chi connectivity index (χ1v) is 17.1. The minimum atomic E-state index is 0.905. The fourth-order valence-electron chi connectivity index (χ4n) is 5.29. The van der Waals surface area contributed by atoms with Crippen LogP contribution >= 0.6 is 27.3 Å². The summed E-state index contributed by atoms with van der Waals surface area (Å²) in [5.74, 6) is 0.905. The molecule has 1 atom stereocenters. The second kappa shape index (κ2) is 24.9. The summed E-state index contributed by atoms with van der Waals surface area (Å²) in [5.41, 5.74) is 0. The fraction of sp³-hybridized carbons (Fsp3) is 0.875. The normalized spacial score (nSPS) is 12.4. The van der Waals surface area contributed by atoms with E-state index < -0.39 is 0 Å². The first-order valence-electron chi connectivity index (χ1n) is 15.5. The smallest absolute Gasteiger partial charge is 0.0701 e. The molecule has 1 aromatic heterocycles. The van der Waals surface area contributed by atoms with Gasteiger partial charge in [0.1, 0.15) is 0 Å².